The third-order valence-electron chi connectivity index (χ3n) is 8.55. The first-order chi connectivity index (χ1) is 23.2. The predicted octanol–water partition coefficient (Wildman–Crippen LogP) is 8.21. The molecule has 4 heterocycles. The molecule has 1 aliphatic heterocycles. The molecular weight excluding hydrogens is 674 g/mol. The van der Waals surface area contributed by atoms with Gasteiger partial charge in [-0.15, -0.1) is 11.3 Å². The molecule has 0 spiro atoms. The fraction of sp³-hybridized carbons (Fsp3) is 0.412. The maximum atomic E-state index is 14.3. The van der Waals surface area contributed by atoms with Gasteiger partial charge in [0.25, 0.3) is 0 Å². The lowest BCUT2D eigenvalue weighted by atomic mass is 9.88. The van der Waals surface area contributed by atoms with Gasteiger partial charge in [-0.1, -0.05) is 12.1 Å². The van der Waals surface area contributed by atoms with Crippen molar-refractivity contribution in [2.75, 3.05) is 19.7 Å². The van der Waals surface area contributed by atoms with Gasteiger partial charge in [-0.05, 0) is 81.3 Å². The number of ether oxygens (including phenoxy) is 2. The van der Waals surface area contributed by atoms with Crippen molar-refractivity contribution < 1.29 is 45.4 Å². The van der Waals surface area contributed by atoms with Crippen LogP contribution in [0.15, 0.2) is 48.7 Å². The summed E-state index contributed by atoms with van der Waals surface area (Å²) in [5.74, 6) is -1.64. The largest absolute Gasteiger partial charge is 0.488 e. The average Bonchev–Trinajstić information content (AvgIpc) is 3.69. The van der Waals surface area contributed by atoms with E-state index in [9.17, 15) is 35.9 Å². The standard InChI is InChI=1S/C34H32F6N4O4S/c1-3-47-32(46)24-17-41-44(30(24)34(38,39)40)28-6-4-5-26(42-28)29-23(15-19(2)49-29)18-48-27-10-9-22(16-25(27)33(35,36)37)20-11-13-43(14-12-20)31(45)21-7-8-21/h4-6,9-10,15-17,20-21H,3,7-8,11-14,18H2,1-2H3. The number of alkyl halides is 6. The maximum Gasteiger partial charge on any atom is 0.434 e. The van der Waals surface area contributed by atoms with Crippen molar-refractivity contribution >= 4 is 23.2 Å². The first kappa shape index (κ1) is 34.5. The van der Waals surface area contributed by atoms with Crippen LogP contribution in [0.3, 0.4) is 0 Å². The van der Waals surface area contributed by atoms with E-state index in [4.69, 9.17) is 9.47 Å². The molecule has 49 heavy (non-hydrogen) atoms. The monoisotopic (exact) mass is 706 g/mol. The summed E-state index contributed by atoms with van der Waals surface area (Å²) in [5, 5.41) is 3.78. The Bertz CT molecular complexity index is 1860. The zero-order valence-electron chi connectivity index (χ0n) is 26.5. The van der Waals surface area contributed by atoms with E-state index in [1.165, 1.54) is 36.5 Å². The Morgan fingerprint density at radius 3 is 2.37 bits per heavy atom. The topological polar surface area (TPSA) is 86.5 Å². The lowest BCUT2D eigenvalue weighted by Crippen LogP contribution is -2.38. The van der Waals surface area contributed by atoms with Crippen molar-refractivity contribution in [2.24, 2.45) is 5.92 Å². The van der Waals surface area contributed by atoms with E-state index < -0.39 is 35.1 Å². The first-order valence-corrected chi connectivity index (χ1v) is 16.6. The molecule has 1 saturated heterocycles. The summed E-state index contributed by atoms with van der Waals surface area (Å²) < 4.78 is 96.2. The Hall–Kier alpha value is -4.40. The predicted molar refractivity (Wildman–Crippen MR) is 167 cm³/mol. The second-order valence-corrected chi connectivity index (χ2v) is 13.3. The molecule has 0 N–H and O–H groups in total. The number of pyridine rings is 1. The molecule has 0 atom stereocenters. The van der Waals surface area contributed by atoms with Crippen molar-refractivity contribution in [3.63, 3.8) is 0 Å². The number of thiophene rings is 1. The number of benzene rings is 1. The molecule has 2 aliphatic rings. The van der Waals surface area contributed by atoms with Gasteiger partial charge in [-0.2, -0.15) is 31.4 Å². The molecule has 1 aromatic carbocycles. The lowest BCUT2D eigenvalue weighted by molar-refractivity contribution is -0.143. The number of hydrogen-bond donors (Lipinski definition) is 0. The van der Waals surface area contributed by atoms with Crippen LogP contribution in [0.1, 0.15) is 76.1 Å². The van der Waals surface area contributed by atoms with Gasteiger partial charge >= 0.3 is 18.3 Å². The summed E-state index contributed by atoms with van der Waals surface area (Å²) in [5.41, 5.74) is -1.75. The van der Waals surface area contributed by atoms with Crippen LogP contribution in [0.2, 0.25) is 0 Å². The number of carbonyl (C=O) groups is 2. The van der Waals surface area contributed by atoms with E-state index in [0.717, 1.165) is 30.0 Å². The first-order valence-electron chi connectivity index (χ1n) is 15.8. The van der Waals surface area contributed by atoms with E-state index in [2.05, 4.69) is 10.1 Å². The summed E-state index contributed by atoms with van der Waals surface area (Å²) in [6, 6.07) is 10.1. The second-order valence-electron chi connectivity index (χ2n) is 12.0. The van der Waals surface area contributed by atoms with Crippen LogP contribution in [0.25, 0.3) is 16.4 Å². The van der Waals surface area contributed by atoms with Crippen LogP contribution in [-0.4, -0.2) is 51.2 Å². The quantitative estimate of drug-likeness (QED) is 0.129. The molecule has 15 heteroatoms. The fourth-order valence-corrected chi connectivity index (χ4v) is 7.03. The third-order valence-corrected chi connectivity index (χ3v) is 9.66. The molecule has 1 aliphatic carbocycles. The highest BCUT2D eigenvalue weighted by atomic mass is 32.1. The van der Waals surface area contributed by atoms with Crippen molar-refractivity contribution in [3.8, 4) is 22.1 Å². The molecule has 0 unspecified atom stereocenters. The highest BCUT2D eigenvalue weighted by Gasteiger charge is 2.42. The van der Waals surface area contributed by atoms with Gasteiger partial charge in [-0.25, -0.2) is 14.5 Å². The highest BCUT2D eigenvalue weighted by molar-refractivity contribution is 7.15. The van der Waals surface area contributed by atoms with Crippen LogP contribution in [0, 0.1) is 12.8 Å². The summed E-state index contributed by atoms with van der Waals surface area (Å²) in [7, 11) is 0. The van der Waals surface area contributed by atoms with Crippen LogP contribution < -0.4 is 4.74 Å². The van der Waals surface area contributed by atoms with Gasteiger partial charge in [-0.3, -0.25) is 4.79 Å². The lowest BCUT2D eigenvalue weighted by Gasteiger charge is -2.32. The van der Waals surface area contributed by atoms with Crippen LogP contribution in [0.4, 0.5) is 26.3 Å². The Balaban J connectivity index is 1.23. The summed E-state index contributed by atoms with van der Waals surface area (Å²) in [4.78, 5) is 32.1. The molecule has 1 amide bonds. The zero-order valence-corrected chi connectivity index (χ0v) is 27.3. The number of aromatic nitrogens is 3. The molecule has 4 aromatic rings. The molecule has 8 nitrogen and oxygen atoms in total. The second kappa shape index (κ2) is 13.5. The summed E-state index contributed by atoms with van der Waals surface area (Å²) >= 11 is 1.25. The average molecular weight is 707 g/mol. The van der Waals surface area contributed by atoms with Gasteiger partial charge in [0.1, 0.15) is 17.9 Å². The van der Waals surface area contributed by atoms with E-state index in [-0.39, 0.29) is 48.2 Å². The number of aryl methyl sites for hydroxylation is 1. The van der Waals surface area contributed by atoms with Crippen molar-refractivity contribution in [3.05, 3.63) is 81.5 Å². The van der Waals surface area contributed by atoms with Gasteiger partial charge in [0.05, 0.1) is 28.9 Å². The molecular formula is C34H32F6N4O4S. The van der Waals surface area contributed by atoms with Crippen molar-refractivity contribution in [1.29, 1.82) is 0 Å². The third kappa shape index (κ3) is 7.46. The van der Waals surface area contributed by atoms with Crippen molar-refractivity contribution in [1.82, 2.24) is 19.7 Å². The smallest absolute Gasteiger partial charge is 0.434 e. The number of halogens is 6. The molecule has 2 fully saturated rings. The van der Waals surface area contributed by atoms with E-state index in [1.807, 2.05) is 4.90 Å². The molecule has 1 saturated carbocycles. The molecule has 3 aromatic heterocycles. The van der Waals surface area contributed by atoms with Crippen LogP contribution in [0.5, 0.6) is 5.75 Å². The normalized spacial score (nSPS) is 15.8. The number of carbonyl (C=O) groups excluding carboxylic acids is 2. The van der Waals surface area contributed by atoms with E-state index in [0.29, 0.717) is 46.6 Å². The minimum absolute atomic E-state index is 0.0988. The highest BCUT2D eigenvalue weighted by Crippen LogP contribution is 2.42. The Kier molecular flexibility index (Phi) is 9.48. The van der Waals surface area contributed by atoms with Gasteiger partial charge in [0, 0.05) is 29.4 Å². The summed E-state index contributed by atoms with van der Waals surface area (Å²) in [6.07, 6.45) is -5.94. The van der Waals surface area contributed by atoms with E-state index in [1.54, 1.807) is 25.1 Å². The van der Waals surface area contributed by atoms with Crippen LogP contribution in [-0.2, 0) is 28.5 Å². The molecule has 0 radical (unpaired) electrons. The Morgan fingerprint density at radius 2 is 1.71 bits per heavy atom. The fourth-order valence-electron chi connectivity index (χ4n) is 6.04. The minimum Gasteiger partial charge on any atom is -0.488 e. The zero-order chi connectivity index (χ0) is 35.1. The number of amides is 1. The number of hydrogen-bond acceptors (Lipinski definition) is 7. The Labute approximate surface area is 281 Å². The number of rotatable bonds is 9. The number of nitrogens with zero attached hydrogens (tertiary/aromatic N) is 4. The SMILES string of the molecule is CCOC(=O)c1cnn(-c2cccc(-c3sc(C)cc3COc3ccc(C4CCN(C(=O)C5CC5)CC4)cc3C(F)(F)F)n2)c1C(F)(F)F. The number of esters is 1. The molecule has 0 bridgehead atoms. The van der Waals surface area contributed by atoms with Crippen molar-refractivity contribution in [2.45, 2.75) is 64.4 Å². The van der Waals surface area contributed by atoms with Gasteiger partial charge in [0.15, 0.2) is 11.5 Å². The maximum absolute atomic E-state index is 14.3. The molecule has 260 valence electrons. The number of piperidine rings is 1. The van der Waals surface area contributed by atoms with Gasteiger partial charge < -0.3 is 14.4 Å². The van der Waals surface area contributed by atoms with E-state index >= 15 is 0 Å². The molecule has 6 rings (SSSR count). The Morgan fingerprint density at radius 1 is 0.980 bits per heavy atom. The summed E-state index contributed by atoms with van der Waals surface area (Å²) in [6.45, 7) is 3.88. The minimum atomic E-state index is -4.97. The number of likely N-dealkylation sites (tertiary alicyclic amines) is 1. The van der Waals surface area contributed by atoms with Gasteiger partial charge in [0.2, 0.25) is 5.91 Å². The van der Waals surface area contributed by atoms with Crippen LogP contribution >= 0.6 is 11.3 Å².